The van der Waals surface area contributed by atoms with E-state index < -0.39 is 0 Å². The van der Waals surface area contributed by atoms with Gasteiger partial charge in [-0.1, -0.05) is 50.7 Å². The van der Waals surface area contributed by atoms with Gasteiger partial charge in [0.1, 0.15) is 0 Å². The highest BCUT2D eigenvalue weighted by atomic mass is 32.2. The Kier molecular flexibility index (Phi) is 4.52. The van der Waals surface area contributed by atoms with Crippen molar-refractivity contribution in [2.24, 2.45) is 10.2 Å². The number of nitrogens with zero attached hydrogens (tertiary/aromatic N) is 2. The Hall–Kier alpha value is -1.62. The molecule has 0 bridgehead atoms. The van der Waals surface area contributed by atoms with E-state index in [-0.39, 0.29) is 16.6 Å². The summed E-state index contributed by atoms with van der Waals surface area (Å²) in [5.74, 6) is -0.0145. The molecule has 0 radical (unpaired) electrons. The molecule has 1 saturated heterocycles. The maximum atomic E-state index is 11.3. The lowest BCUT2D eigenvalue weighted by Gasteiger charge is -2.21. The number of carbonyl (C=O) groups excluding carboxylic acids is 1. The summed E-state index contributed by atoms with van der Waals surface area (Å²) >= 11 is 1.39. The van der Waals surface area contributed by atoms with Gasteiger partial charge >= 0.3 is 0 Å². The van der Waals surface area contributed by atoms with Crippen LogP contribution < -0.4 is 5.32 Å². The lowest BCUT2D eigenvalue weighted by atomic mass is 9.83. The van der Waals surface area contributed by atoms with Crippen molar-refractivity contribution in [3.63, 3.8) is 0 Å². The maximum absolute atomic E-state index is 11.3. The molecule has 0 aliphatic carbocycles. The van der Waals surface area contributed by atoms with E-state index >= 15 is 0 Å². The largest absolute Gasteiger partial charge is 0.303 e. The molecule has 1 fully saturated rings. The van der Waals surface area contributed by atoms with Crippen molar-refractivity contribution >= 4 is 29.1 Å². The third kappa shape index (κ3) is 3.94. The Morgan fingerprint density at radius 1 is 1.33 bits per heavy atom. The molecular formula is C16H21N3OS. The number of benzene rings is 1. The molecule has 1 aliphatic rings. The predicted octanol–water partition coefficient (Wildman–Crippen LogP) is 3.23. The average molecular weight is 303 g/mol. The minimum atomic E-state index is -0.0905. The molecule has 0 saturated carbocycles. The minimum Gasteiger partial charge on any atom is -0.303 e. The highest BCUT2D eigenvalue weighted by Crippen LogP contribution is 2.25. The molecule has 1 aromatic rings. The molecular weight excluding hydrogens is 282 g/mol. The van der Waals surface area contributed by atoms with Gasteiger partial charge in [-0.15, -0.1) is 5.10 Å². The topological polar surface area (TPSA) is 53.8 Å². The fraction of sp³-hybridized carbons (Fsp3) is 0.438. The van der Waals surface area contributed by atoms with Crippen molar-refractivity contribution in [2.45, 2.75) is 45.3 Å². The molecule has 0 spiro atoms. The van der Waals surface area contributed by atoms with Gasteiger partial charge in [0.2, 0.25) is 5.91 Å². The summed E-state index contributed by atoms with van der Waals surface area (Å²) in [4.78, 5) is 11.3. The molecule has 1 heterocycles. The van der Waals surface area contributed by atoms with Crippen LogP contribution in [-0.4, -0.2) is 22.5 Å². The van der Waals surface area contributed by atoms with Crippen LogP contribution in [0.5, 0.6) is 0 Å². The zero-order valence-electron chi connectivity index (χ0n) is 13.1. The summed E-state index contributed by atoms with van der Waals surface area (Å²) < 4.78 is 0. The number of carbonyl (C=O) groups is 1. The second kappa shape index (κ2) is 6.02. The average Bonchev–Trinajstić information content (AvgIpc) is 2.67. The molecule has 1 atom stereocenters. The molecule has 4 nitrogen and oxygen atoms in total. The quantitative estimate of drug-likeness (QED) is 0.673. The normalized spacial score (nSPS) is 21.3. The summed E-state index contributed by atoms with van der Waals surface area (Å²) in [6.45, 7) is 10.6. The SMILES string of the molecule is Cc1cc(/C=N/N=C2\NC(=O)[C@@H](C)S2)ccc1C(C)(C)C. The Labute approximate surface area is 130 Å². The van der Waals surface area contributed by atoms with E-state index in [1.165, 1.54) is 22.9 Å². The number of nitrogens with one attached hydrogen (secondary N) is 1. The second-order valence-electron chi connectivity index (χ2n) is 6.22. The Morgan fingerprint density at radius 2 is 2.05 bits per heavy atom. The summed E-state index contributed by atoms with van der Waals surface area (Å²) in [6.07, 6.45) is 1.71. The van der Waals surface area contributed by atoms with Gasteiger partial charge in [0.15, 0.2) is 5.17 Å². The van der Waals surface area contributed by atoms with Crippen LogP contribution in [0.1, 0.15) is 44.4 Å². The monoisotopic (exact) mass is 303 g/mol. The molecule has 5 heteroatoms. The molecule has 1 amide bonds. The molecule has 1 aliphatic heterocycles. The highest BCUT2D eigenvalue weighted by molar-refractivity contribution is 8.15. The molecule has 0 unspecified atom stereocenters. The maximum Gasteiger partial charge on any atom is 0.239 e. The van der Waals surface area contributed by atoms with Crippen LogP contribution in [0.4, 0.5) is 0 Å². The van der Waals surface area contributed by atoms with Crippen LogP contribution in [0, 0.1) is 6.92 Å². The summed E-state index contributed by atoms with van der Waals surface area (Å²) in [5.41, 5.74) is 3.72. The number of hydrogen-bond acceptors (Lipinski definition) is 4. The van der Waals surface area contributed by atoms with Gasteiger partial charge in [-0.25, -0.2) is 0 Å². The van der Waals surface area contributed by atoms with Crippen molar-refractivity contribution in [3.05, 3.63) is 34.9 Å². The number of rotatable bonds is 2. The zero-order chi connectivity index (χ0) is 15.6. The minimum absolute atomic E-state index is 0.0145. The lowest BCUT2D eigenvalue weighted by Crippen LogP contribution is -2.23. The smallest absolute Gasteiger partial charge is 0.239 e. The first-order valence-electron chi connectivity index (χ1n) is 6.97. The van der Waals surface area contributed by atoms with Gasteiger partial charge in [-0.05, 0) is 36.0 Å². The van der Waals surface area contributed by atoms with E-state index in [4.69, 9.17) is 0 Å². The van der Waals surface area contributed by atoms with Crippen LogP contribution in [-0.2, 0) is 10.2 Å². The third-order valence-electron chi connectivity index (χ3n) is 3.30. The first kappa shape index (κ1) is 15.8. The standard InChI is InChI=1S/C16H21N3OS/c1-10-8-12(6-7-13(10)16(3,4)5)9-17-19-15-18-14(20)11(2)21-15/h6-9,11H,1-5H3,(H,18,19,20)/b17-9+/t11-/m1/s1. The lowest BCUT2D eigenvalue weighted by molar-refractivity contribution is -0.118. The Bertz CT molecular complexity index is 614. The number of hydrogen-bond donors (Lipinski definition) is 1. The van der Waals surface area contributed by atoms with Crippen molar-refractivity contribution in [2.75, 3.05) is 0 Å². The van der Waals surface area contributed by atoms with Gasteiger partial charge in [-0.2, -0.15) is 5.10 Å². The van der Waals surface area contributed by atoms with Crippen molar-refractivity contribution in [3.8, 4) is 0 Å². The number of aryl methyl sites for hydroxylation is 1. The highest BCUT2D eigenvalue weighted by Gasteiger charge is 2.25. The van der Waals surface area contributed by atoms with Gasteiger partial charge in [0.05, 0.1) is 11.5 Å². The van der Waals surface area contributed by atoms with E-state index in [2.05, 4.69) is 55.3 Å². The van der Waals surface area contributed by atoms with Crippen LogP contribution in [0.2, 0.25) is 0 Å². The zero-order valence-corrected chi connectivity index (χ0v) is 13.9. The van der Waals surface area contributed by atoms with E-state index in [9.17, 15) is 4.79 Å². The Morgan fingerprint density at radius 3 is 2.57 bits per heavy atom. The van der Waals surface area contributed by atoms with E-state index in [0.29, 0.717) is 5.17 Å². The van der Waals surface area contributed by atoms with Crippen molar-refractivity contribution in [1.82, 2.24) is 5.32 Å². The van der Waals surface area contributed by atoms with Gasteiger partial charge in [0, 0.05) is 0 Å². The van der Waals surface area contributed by atoms with Gasteiger partial charge < -0.3 is 5.32 Å². The molecule has 1 N–H and O–H groups in total. The van der Waals surface area contributed by atoms with E-state index in [0.717, 1.165) is 5.56 Å². The summed E-state index contributed by atoms with van der Waals surface area (Å²) in [7, 11) is 0. The van der Waals surface area contributed by atoms with E-state index in [1.807, 2.05) is 13.0 Å². The van der Waals surface area contributed by atoms with Crippen LogP contribution in [0.25, 0.3) is 0 Å². The first-order chi connectivity index (χ1) is 9.77. The van der Waals surface area contributed by atoms with Crippen molar-refractivity contribution in [1.29, 1.82) is 0 Å². The van der Waals surface area contributed by atoms with Crippen molar-refractivity contribution < 1.29 is 4.79 Å². The fourth-order valence-electron chi connectivity index (χ4n) is 2.26. The number of thioether (sulfide) groups is 1. The van der Waals surface area contributed by atoms with Gasteiger partial charge in [0.25, 0.3) is 0 Å². The molecule has 1 aromatic carbocycles. The van der Waals surface area contributed by atoms with Crippen LogP contribution in [0.15, 0.2) is 28.4 Å². The second-order valence-corrected chi connectivity index (χ2v) is 7.55. The summed E-state index contributed by atoms with van der Waals surface area (Å²) in [6, 6.07) is 6.28. The van der Waals surface area contributed by atoms with Crippen LogP contribution in [0.3, 0.4) is 0 Å². The number of amidine groups is 1. The molecule has 2 rings (SSSR count). The molecule has 112 valence electrons. The van der Waals surface area contributed by atoms with Gasteiger partial charge in [-0.3, -0.25) is 4.79 Å². The third-order valence-corrected chi connectivity index (χ3v) is 4.28. The van der Waals surface area contributed by atoms with Crippen LogP contribution >= 0.6 is 11.8 Å². The predicted molar refractivity (Wildman–Crippen MR) is 90.1 cm³/mol. The molecule has 21 heavy (non-hydrogen) atoms. The van der Waals surface area contributed by atoms with E-state index in [1.54, 1.807) is 6.21 Å². The number of amides is 1. The fourth-order valence-corrected chi connectivity index (χ4v) is 3.02. The first-order valence-corrected chi connectivity index (χ1v) is 7.85. The Balaban J connectivity index is 2.11. The summed E-state index contributed by atoms with van der Waals surface area (Å²) in [5, 5.41) is 11.3. The molecule has 0 aromatic heterocycles.